The lowest BCUT2D eigenvalue weighted by Gasteiger charge is -1.95. The average molecular weight is 164 g/mol. The summed E-state index contributed by atoms with van der Waals surface area (Å²) in [7, 11) is 0. The van der Waals surface area contributed by atoms with Crippen molar-refractivity contribution in [1.82, 2.24) is 0 Å². The molecule has 2 rings (SSSR count). The van der Waals surface area contributed by atoms with Gasteiger partial charge < -0.3 is 0 Å². The van der Waals surface area contributed by atoms with E-state index in [4.69, 9.17) is 0 Å². The van der Waals surface area contributed by atoms with Crippen LogP contribution in [0.5, 0.6) is 0 Å². The highest BCUT2D eigenvalue weighted by atomic mass is 19.1. The first kappa shape index (κ1) is 7.16. The highest BCUT2D eigenvalue weighted by molar-refractivity contribution is 6.24. The summed E-state index contributed by atoms with van der Waals surface area (Å²) in [5.41, 5.74) is 0.183. The third kappa shape index (κ3) is 0.794. The first-order chi connectivity index (χ1) is 5.70. The molecule has 0 saturated heterocycles. The lowest BCUT2D eigenvalue weighted by molar-refractivity contribution is 0.0922. The molecule has 0 amide bonds. The molecule has 0 spiro atoms. The Hall–Kier alpha value is -1.51. The largest absolute Gasteiger partial charge is 0.294 e. The maximum Gasteiger partial charge on any atom is 0.174 e. The van der Waals surface area contributed by atoms with Crippen molar-refractivity contribution in [2.75, 3.05) is 0 Å². The molecule has 1 aromatic rings. The minimum atomic E-state index is -0.594. The lowest BCUT2D eigenvalue weighted by Crippen LogP contribution is -1.95. The van der Waals surface area contributed by atoms with Crippen LogP contribution in [0.15, 0.2) is 18.2 Å². The van der Waals surface area contributed by atoms with Crippen LogP contribution >= 0.6 is 0 Å². The zero-order valence-electron chi connectivity index (χ0n) is 6.13. The van der Waals surface area contributed by atoms with Gasteiger partial charge in [0.1, 0.15) is 5.82 Å². The monoisotopic (exact) mass is 164 g/mol. The fourth-order valence-electron chi connectivity index (χ4n) is 1.37. The van der Waals surface area contributed by atoms with Gasteiger partial charge in [0.25, 0.3) is 0 Å². The van der Waals surface area contributed by atoms with Gasteiger partial charge in [0, 0.05) is 5.56 Å². The third-order valence-electron chi connectivity index (χ3n) is 1.91. The van der Waals surface area contributed by atoms with Crippen molar-refractivity contribution < 1.29 is 14.0 Å². The van der Waals surface area contributed by atoms with E-state index < -0.39 is 11.6 Å². The van der Waals surface area contributed by atoms with Crippen molar-refractivity contribution in [2.45, 2.75) is 6.42 Å². The Bertz CT molecular complexity index is 382. The van der Waals surface area contributed by atoms with Crippen LogP contribution in [-0.2, 0) is 0 Å². The molecule has 0 unspecified atom stereocenters. The molecule has 0 heterocycles. The summed E-state index contributed by atoms with van der Waals surface area (Å²) in [6, 6.07) is 4.10. The number of fused-ring (bicyclic) bond motifs is 1. The summed E-state index contributed by atoms with van der Waals surface area (Å²) in [6.45, 7) is 0. The molecular formula is C9H5FO2. The van der Waals surface area contributed by atoms with E-state index in [2.05, 4.69) is 0 Å². The number of halogens is 1. The third-order valence-corrected chi connectivity index (χ3v) is 1.91. The number of ketones is 2. The maximum absolute atomic E-state index is 12.9. The molecule has 0 atom stereocenters. The van der Waals surface area contributed by atoms with Gasteiger partial charge in [-0.25, -0.2) is 4.39 Å². The Morgan fingerprint density at radius 3 is 2.58 bits per heavy atom. The second-order valence-electron chi connectivity index (χ2n) is 2.69. The van der Waals surface area contributed by atoms with Crippen LogP contribution in [0.2, 0.25) is 0 Å². The van der Waals surface area contributed by atoms with E-state index in [9.17, 15) is 14.0 Å². The number of benzene rings is 1. The van der Waals surface area contributed by atoms with E-state index in [1.54, 1.807) is 0 Å². The van der Waals surface area contributed by atoms with E-state index >= 15 is 0 Å². The maximum atomic E-state index is 12.9. The molecule has 3 heteroatoms. The number of rotatable bonds is 0. The second kappa shape index (κ2) is 2.24. The van der Waals surface area contributed by atoms with Crippen molar-refractivity contribution >= 4 is 11.6 Å². The molecule has 0 saturated carbocycles. The molecule has 0 N–H and O–H groups in total. The quantitative estimate of drug-likeness (QED) is 0.545. The van der Waals surface area contributed by atoms with E-state index in [1.807, 2.05) is 0 Å². The standard InChI is InChI=1S/C9H5FO2/c10-6-3-1-2-5-7(11)4-8(12)9(5)6/h1-3H,4H2. The molecule has 12 heavy (non-hydrogen) atoms. The molecule has 0 radical (unpaired) electrons. The van der Waals surface area contributed by atoms with Crippen LogP contribution in [0.1, 0.15) is 27.1 Å². The Kier molecular flexibility index (Phi) is 1.33. The van der Waals surface area contributed by atoms with Gasteiger partial charge in [-0.1, -0.05) is 12.1 Å². The minimum absolute atomic E-state index is 0.0394. The van der Waals surface area contributed by atoms with Crippen LogP contribution in [0.3, 0.4) is 0 Å². The van der Waals surface area contributed by atoms with Crippen molar-refractivity contribution in [2.24, 2.45) is 0 Å². The SMILES string of the molecule is O=C1CC(=O)c2c(F)cccc21. The van der Waals surface area contributed by atoms with E-state index in [1.165, 1.54) is 18.2 Å². The number of carbonyl (C=O) groups is 2. The van der Waals surface area contributed by atoms with Crippen LogP contribution < -0.4 is 0 Å². The Morgan fingerprint density at radius 1 is 1.17 bits per heavy atom. The number of Topliss-reactive ketones (excluding diaryl/α,β-unsaturated/α-hetero) is 2. The predicted molar refractivity (Wildman–Crippen MR) is 39.7 cm³/mol. The lowest BCUT2D eigenvalue weighted by atomic mass is 10.1. The van der Waals surface area contributed by atoms with Crippen LogP contribution in [0.25, 0.3) is 0 Å². The van der Waals surface area contributed by atoms with Gasteiger partial charge in [-0.3, -0.25) is 9.59 Å². The van der Waals surface area contributed by atoms with Crippen molar-refractivity contribution in [3.8, 4) is 0 Å². The highest BCUT2D eigenvalue weighted by Crippen LogP contribution is 2.23. The first-order valence-electron chi connectivity index (χ1n) is 3.55. The van der Waals surface area contributed by atoms with Gasteiger partial charge in [-0.2, -0.15) is 0 Å². The van der Waals surface area contributed by atoms with Crippen molar-refractivity contribution in [3.63, 3.8) is 0 Å². The van der Waals surface area contributed by atoms with Crippen LogP contribution in [0.4, 0.5) is 4.39 Å². The summed E-state index contributed by atoms with van der Waals surface area (Å²) < 4.78 is 12.9. The second-order valence-corrected chi connectivity index (χ2v) is 2.69. The van der Waals surface area contributed by atoms with E-state index in [-0.39, 0.29) is 23.3 Å². The number of hydrogen-bond acceptors (Lipinski definition) is 2. The highest BCUT2D eigenvalue weighted by Gasteiger charge is 2.29. The smallest absolute Gasteiger partial charge is 0.174 e. The van der Waals surface area contributed by atoms with Crippen LogP contribution in [0, 0.1) is 5.82 Å². The van der Waals surface area contributed by atoms with Gasteiger partial charge in [0.2, 0.25) is 0 Å². The molecule has 0 bridgehead atoms. The van der Waals surface area contributed by atoms with Crippen LogP contribution in [-0.4, -0.2) is 11.6 Å². The summed E-state index contributed by atoms with van der Waals surface area (Å²) in [5, 5.41) is 0. The zero-order chi connectivity index (χ0) is 8.72. The van der Waals surface area contributed by atoms with Gasteiger partial charge in [-0.05, 0) is 6.07 Å². The minimum Gasteiger partial charge on any atom is -0.294 e. The average Bonchev–Trinajstić information content (AvgIpc) is 2.29. The van der Waals surface area contributed by atoms with Gasteiger partial charge >= 0.3 is 0 Å². The fourth-order valence-corrected chi connectivity index (χ4v) is 1.37. The topological polar surface area (TPSA) is 34.1 Å². The molecule has 60 valence electrons. The molecule has 1 aromatic carbocycles. The van der Waals surface area contributed by atoms with Gasteiger partial charge in [0.15, 0.2) is 11.6 Å². The molecule has 0 fully saturated rings. The summed E-state index contributed by atoms with van der Waals surface area (Å²) in [5.74, 6) is -1.29. The van der Waals surface area contributed by atoms with E-state index in [0.29, 0.717) is 0 Å². The molecule has 0 aromatic heterocycles. The van der Waals surface area contributed by atoms with Crippen molar-refractivity contribution in [3.05, 3.63) is 35.1 Å². The van der Waals surface area contributed by atoms with Crippen molar-refractivity contribution in [1.29, 1.82) is 0 Å². The molecule has 2 nitrogen and oxygen atoms in total. The Balaban J connectivity index is 2.75. The zero-order valence-corrected chi connectivity index (χ0v) is 6.13. The summed E-state index contributed by atoms with van der Waals surface area (Å²) in [4.78, 5) is 22.1. The number of carbonyl (C=O) groups excluding carboxylic acids is 2. The van der Waals surface area contributed by atoms with Gasteiger partial charge in [0.05, 0.1) is 12.0 Å². The van der Waals surface area contributed by atoms with Gasteiger partial charge in [-0.15, -0.1) is 0 Å². The summed E-state index contributed by atoms with van der Waals surface area (Å²) >= 11 is 0. The predicted octanol–water partition coefficient (Wildman–Crippen LogP) is 1.59. The summed E-state index contributed by atoms with van der Waals surface area (Å²) in [6.07, 6.45) is -0.184. The Morgan fingerprint density at radius 2 is 1.92 bits per heavy atom. The molecule has 1 aliphatic rings. The number of hydrogen-bond donors (Lipinski definition) is 0. The Labute approximate surface area is 68.0 Å². The molecule has 0 aliphatic heterocycles. The van der Waals surface area contributed by atoms with E-state index in [0.717, 1.165) is 0 Å². The fraction of sp³-hybridized carbons (Fsp3) is 0.111. The molecular weight excluding hydrogens is 159 g/mol. The molecule has 1 aliphatic carbocycles. The first-order valence-corrected chi connectivity index (χ1v) is 3.55. The normalized spacial score (nSPS) is 15.1.